The van der Waals surface area contributed by atoms with Crippen molar-refractivity contribution in [3.8, 4) is 0 Å². The van der Waals surface area contributed by atoms with Gasteiger partial charge in [-0.1, -0.05) is 18.6 Å². The molecule has 10 nitrogen and oxygen atoms in total. The normalized spacial score (nSPS) is 24.4. The molecule has 1 amide bonds. The van der Waals surface area contributed by atoms with Crippen molar-refractivity contribution in [3.63, 3.8) is 0 Å². The molecule has 6 rings (SSSR count). The zero-order valence-corrected chi connectivity index (χ0v) is 28.9. The van der Waals surface area contributed by atoms with Crippen LogP contribution in [0.1, 0.15) is 50.5 Å². The molecule has 13 heteroatoms. The number of hydrogen-bond donors (Lipinski definition) is 2. The Bertz CT molecular complexity index is 1640. The lowest BCUT2D eigenvalue weighted by molar-refractivity contribution is 0.0684. The average molecular weight is 691 g/mol. The third-order valence-corrected chi connectivity index (χ3v) is 13.9. The van der Waals surface area contributed by atoms with E-state index in [0.29, 0.717) is 10.8 Å². The van der Waals surface area contributed by atoms with Crippen LogP contribution >= 0.6 is 0 Å². The summed E-state index contributed by atoms with van der Waals surface area (Å²) in [6, 6.07) is 13.6. The molecular formula is C34H47FN4O6S2. The lowest BCUT2D eigenvalue weighted by atomic mass is 9.58. The number of carbonyl (C=O) groups is 1. The highest BCUT2D eigenvalue weighted by molar-refractivity contribution is 7.92. The van der Waals surface area contributed by atoms with E-state index < -0.39 is 31.4 Å². The summed E-state index contributed by atoms with van der Waals surface area (Å²) in [5.74, 6) is 0.0702. The Morgan fingerprint density at radius 3 is 2.30 bits per heavy atom. The van der Waals surface area contributed by atoms with Gasteiger partial charge in [-0.3, -0.25) is 0 Å². The van der Waals surface area contributed by atoms with Crippen LogP contribution in [0.15, 0.2) is 53.4 Å². The van der Waals surface area contributed by atoms with E-state index in [9.17, 15) is 26.0 Å². The Hall–Kier alpha value is -2.74. The van der Waals surface area contributed by atoms with E-state index in [4.69, 9.17) is 4.74 Å². The van der Waals surface area contributed by atoms with Gasteiger partial charge in [0.2, 0.25) is 10.0 Å². The number of sulfone groups is 1. The van der Waals surface area contributed by atoms with E-state index >= 15 is 0 Å². The number of likely N-dealkylation sites (tertiary alicyclic amines) is 1. The quantitative estimate of drug-likeness (QED) is 0.344. The molecular weight excluding hydrogens is 644 g/mol. The number of ether oxygens (including phenoxy) is 1. The highest BCUT2D eigenvalue weighted by Crippen LogP contribution is 2.50. The summed E-state index contributed by atoms with van der Waals surface area (Å²) < 4.78 is 72.7. The first kappa shape index (κ1) is 34.1. The topological polar surface area (TPSA) is 125 Å². The molecule has 2 aliphatic heterocycles. The first-order chi connectivity index (χ1) is 22.4. The molecule has 2 aromatic carbocycles. The molecule has 4 fully saturated rings. The fraction of sp³-hybridized carbons (Fsp3) is 0.618. The largest absolute Gasteiger partial charge is 0.453 e. The predicted molar refractivity (Wildman–Crippen MR) is 179 cm³/mol. The van der Waals surface area contributed by atoms with Gasteiger partial charge < -0.3 is 19.9 Å². The predicted octanol–water partition coefficient (Wildman–Crippen LogP) is 3.92. The van der Waals surface area contributed by atoms with Crippen LogP contribution < -0.4 is 14.9 Å². The van der Waals surface area contributed by atoms with Crippen molar-refractivity contribution in [3.05, 3.63) is 59.9 Å². The summed E-state index contributed by atoms with van der Waals surface area (Å²) in [6.45, 7) is 4.57. The summed E-state index contributed by atoms with van der Waals surface area (Å²) >= 11 is 0. The fourth-order valence-electron chi connectivity index (χ4n) is 8.43. The first-order valence-electron chi connectivity index (χ1n) is 16.8. The summed E-state index contributed by atoms with van der Waals surface area (Å²) in [4.78, 5) is 17.5. The highest BCUT2D eigenvalue weighted by atomic mass is 32.2. The van der Waals surface area contributed by atoms with E-state index in [1.54, 1.807) is 24.3 Å². The van der Waals surface area contributed by atoms with E-state index in [-0.39, 0.29) is 35.5 Å². The standard InChI is InChI=1S/C34H47FN4O6S2/c1-45-33(40)37-32-8-4-7-31(32)34(23-36-46(2,41)42,26-5-3-6-27(35)19-26)25-15-17-38(18-16-25)20-24-21-39(22-24)28-9-11-29(12-10-28)47(43,44)30-13-14-30/h3,5-6,9-12,19,24-25,30-32,36H,4,7-8,13-18,20-23H2,1-2H3,(H,37,40)/t31-,32-,34-/m0/s1. The number of nitrogens with one attached hydrogen (secondary N) is 2. The maximum Gasteiger partial charge on any atom is 0.407 e. The van der Waals surface area contributed by atoms with Gasteiger partial charge in [-0.2, -0.15) is 0 Å². The van der Waals surface area contributed by atoms with Gasteiger partial charge in [0, 0.05) is 49.2 Å². The minimum atomic E-state index is -3.55. The molecule has 0 aromatic heterocycles. The molecule has 2 saturated carbocycles. The van der Waals surface area contributed by atoms with Gasteiger partial charge in [0.25, 0.3) is 0 Å². The molecule has 4 aliphatic rings. The van der Waals surface area contributed by atoms with Gasteiger partial charge in [-0.25, -0.2) is 30.7 Å². The van der Waals surface area contributed by atoms with Crippen LogP contribution in [-0.2, 0) is 30.0 Å². The summed E-state index contributed by atoms with van der Waals surface area (Å²) in [6.07, 6.45) is 6.16. The zero-order valence-electron chi connectivity index (χ0n) is 27.2. The van der Waals surface area contributed by atoms with Gasteiger partial charge >= 0.3 is 6.09 Å². The van der Waals surface area contributed by atoms with Gasteiger partial charge in [-0.05, 0) is 105 Å². The van der Waals surface area contributed by atoms with Crippen molar-refractivity contribution in [1.29, 1.82) is 0 Å². The van der Waals surface area contributed by atoms with Crippen LogP contribution in [0.2, 0.25) is 0 Å². The van der Waals surface area contributed by atoms with Crippen LogP contribution in [0.5, 0.6) is 0 Å². The smallest absolute Gasteiger partial charge is 0.407 e. The number of nitrogens with zero attached hydrogens (tertiary/aromatic N) is 2. The van der Waals surface area contributed by atoms with Crippen molar-refractivity contribution in [1.82, 2.24) is 14.9 Å². The maximum atomic E-state index is 14.8. The average Bonchev–Trinajstić information content (AvgIpc) is 3.80. The van der Waals surface area contributed by atoms with Crippen molar-refractivity contribution in [2.45, 2.75) is 66.5 Å². The minimum absolute atomic E-state index is 0.0585. The molecule has 3 atom stereocenters. The first-order valence-corrected chi connectivity index (χ1v) is 20.2. The second-order valence-electron chi connectivity index (χ2n) is 14.0. The van der Waals surface area contributed by atoms with Crippen LogP contribution in [0.3, 0.4) is 0 Å². The molecule has 0 radical (unpaired) electrons. The Labute approximate surface area is 278 Å². The molecule has 2 aromatic rings. The number of amides is 1. The second kappa shape index (κ2) is 13.6. The number of carbonyl (C=O) groups excluding carboxylic acids is 1. The number of methoxy groups -OCH3 is 1. The van der Waals surface area contributed by atoms with Crippen molar-refractivity contribution < 1.29 is 30.8 Å². The maximum absolute atomic E-state index is 14.8. The van der Waals surface area contributed by atoms with E-state index in [0.717, 1.165) is 95.2 Å². The van der Waals surface area contributed by atoms with Crippen molar-refractivity contribution in [2.24, 2.45) is 17.8 Å². The lowest BCUT2D eigenvalue weighted by Crippen LogP contribution is -2.58. The second-order valence-corrected chi connectivity index (χ2v) is 18.1. The van der Waals surface area contributed by atoms with Gasteiger partial charge in [0.1, 0.15) is 5.82 Å². The van der Waals surface area contributed by atoms with Gasteiger partial charge in [0.15, 0.2) is 9.84 Å². The van der Waals surface area contributed by atoms with Crippen LogP contribution in [0.4, 0.5) is 14.9 Å². The van der Waals surface area contributed by atoms with Crippen LogP contribution in [0.25, 0.3) is 0 Å². The number of halogens is 1. The highest BCUT2D eigenvalue weighted by Gasteiger charge is 2.52. The van der Waals surface area contributed by atoms with Crippen LogP contribution in [-0.4, -0.2) is 91.8 Å². The molecule has 2 N–H and O–H groups in total. The van der Waals surface area contributed by atoms with Crippen LogP contribution in [0, 0.1) is 23.6 Å². The number of hydrogen-bond acceptors (Lipinski definition) is 8. The number of alkyl carbamates (subject to hydrolysis) is 1. The lowest BCUT2D eigenvalue weighted by Gasteiger charge is -2.51. The van der Waals surface area contributed by atoms with E-state index in [1.165, 1.54) is 13.2 Å². The molecule has 0 unspecified atom stereocenters. The minimum Gasteiger partial charge on any atom is -0.453 e. The Morgan fingerprint density at radius 1 is 0.979 bits per heavy atom. The SMILES string of the molecule is COC(=O)N[C@H]1CCC[C@@H]1[C@](CNS(C)(=O)=O)(c1cccc(F)c1)C1CCN(CC2CN(c3ccc(S(=O)(=O)C4CC4)cc3)C2)CC1. The fourth-order valence-corrected chi connectivity index (χ4v) is 10.6. The van der Waals surface area contributed by atoms with Gasteiger partial charge in [0.05, 0.1) is 23.5 Å². The number of piperidine rings is 1. The third kappa shape index (κ3) is 7.47. The number of benzene rings is 2. The summed E-state index contributed by atoms with van der Waals surface area (Å²) in [5.41, 5.74) is 1.08. The monoisotopic (exact) mass is 690 g/mol. The molecule has 2 aliphatic carbocycles. The third-order valence-electron chi connectivity index (χ3n) is 10.9. The zero-order chi connectivity index (χ0) is 33.4. The van der Waals surface area contributed by atoms with Gasteiger partial charge in [-0.15, -0.1) is 0 Å². The Balaban J connectivity index is 1.14. The van der Waals surface area contributed by atoms with E-state index in [1.807, 2.05) is 18.2 Å². The van der Waals surface area contributed by atoms with E-state index in [2.05, 4.69) is 19.8 Å². The summed E-state index contributed by atoms with van der Waals surface area (Å²) in [5, 5.41) is 2.80. The Morgan fingerprint density at radius 2 is 1.68 bits per heavy atom. The number of anilines is 1. The van der Waals surface area contributed by atoms with Crippen molar-refractivity contribution >= 4 is 31.6 Å². The molecule has 258 valence electrons. The molecule has 0 spiro atoms. The Kier molecular flexibility index (Phi) is 9.91. The molecule has 0 bridgehead atoms. The number of rotatable bonds is 12. The molecule has 47 heavy (non-hydrogen) atoms. The summed E-state index contributed by atoms with van der Waals surface area (Å²) in [7, 11) is -5.41. The van der Waals surface area contributed by atoms with Crippen molar-refractivity contribution in [2.75, 3.05) is 57.5 Å². The molecule has 2 saturated heterocycles. The number of sulfonamides is 1. The molecule has 2 heterocycles.